The highest BCUT2D eigenvalue weighted by Crippen LogP contribution is 2.40. The Kier molecular flexibility index (Phi) is 5.95. The number of benzene rings is 1. The molecule has 2 atom stereocenters. The molecule has 0 aromatic heterocycles. The molecule has 0 saturated carbocycles. The lowest BCUT2D eigenvalue weighted by Crippen LogP contribution is -2.45. The Hall–Kier alpha value is -1.51. The lowest BCUT2D eigenvalue weighted by atomic mass is 9.93. The molecule has 24 heavy (non-hydrogen) atoms. The molecule has 0 radical (unpaired) electrons. The number of sulfonamides is 1. The lowest BCUT2D eigenvalue weighted by molar-refractivity contribution is 0.241. The van der Waals surface area contributed by atoms with Crippen LogP contribution in [0.25, 0.3) is 0 Å². The fourth-order valence-electron chi connectivity index (χ4n) is 2.98. The Labute approximate surface area is 143 Å². The summed E-state index contributed by atoms with van der Waals surface area (Å²) < 4.78 is 43.6. The third-order valence-electron chi connectivity index (χ3n) is 4.43. The highest BCUT2D eigenvalue weighted by molar-refractivity contribution is 7.89. The molecule has 1 aliphatic rings. The zero-order valence-electron chi connectivity index (χ0n) is 14.6. The highest BCUT2D eigenvalue weighted by atomic mass is 32.2. The SMILES string of the molecule is COc1cc(OC)c(S(=O)(=O)N2CCCC(C(C)N)C2)c(OC)c1. The van der Waals surface area contributed by atoms with Crippen molar-refractivity contribution in [1.29, 1.82) is 0 Å². The molecular formula is C16H26N2O5S. The predicted molar refractivity (Wildman–Crippen MR) is 91.2 cm³/mol. The first kappa shape index (κ1) is 18.8. The summed E-state index contributed by atoms with van der Waals surface area (Å²) >= 11 is 0. The first-order chi connectivity index (χ1) is 11.3. The number of nitrogens with zero attached hydrogens (tertiary/aromatic N) is 1. The van der Waals surface area contributed by atoms with Crippen molar-refractivity contribution in [2.75, 3.05) is 34.4 Å². The molecule has 1 aromatic carbocycles. The predicted octanol–water partition coefficient (Wildman–Crippen LogP) is 1.46. The van der Waals surface area contributed by atoms with Crippen molar-refractivity contribution in [3.63, 3.8) is 0 Å². The monoisotopic (exact) mass is 358 g/mol. The average molecular weight is 358 g/mol. The van der Waals surface area contributed by atoms with Crippen LogP contribution in [0.3, 0.4) is 0 Å². The van der Waals surface area contributed by atoms with Crippen LogP contribution in [0.2, 0.25) is 0 Å². The van der Waals surface area contributed by atoms with E-state index in [9.17, 15) is 8.42 Å². The average Bonchev–Trinajstić information content (AvgIpc) is 2.60. The summed E-state index contributed by atoms with van der Waals surface area (Å²) in [5, 5.41) is 0. The van der Waals surface area contributed by atoms with E-state index in [-0.39, 0.29) is 28.4 Å². The molecule has 8 heteroatoms. The number of ether oxygens (including phenoxy) is 3. The minimum atomic E-state index is -3.77. The van der Waals surface area contributed by atoms with E-state index >= 15 is 0 Å². The maximum atomic E-state index is 13.2. The van der Waals surface area contributed by atoms with Gasteiger partial charge in [0, 0.05) is 31.3 Å². The van der Waals surface area contributed by atoms with Gasteiger partial charge in [-0.3, -0.25) is 0 Å². The first-order valence-corrected chi connectivity index (χ1v) is 9.34. The van der Waals surface area contributed by atoms with E-state index in [2.05, 4.69) is 0 Å². The molecule has 0 amide bonds. The number of rotatable bonds is 6. The second kappa shape index (κ2) is 7.58. The van der Waals surface area contributed by atoms with Crippen LogP contribution in [-0.2, 0) is 10.0 Å². The lowest BCUT2D eigenvalue weighted by Gasteiger charge is -2.34. The van der Waals surface area contributed by atoms with E-state index in [1.165, 1.54) is 25.6 Å². The number of hydrogen-bond acceptors (Lipinski definition) is 6. The van der Waals surface area contributed by atoms with Gasteiger partial charge in [-0.25, -0.2) is 8.42 Å². The third-order valence-corrected chi connectivity index (χ3v) is 6.36. The van der Waals surface area contributed by atoms with Gasteiger partial charge in [0.1, 0.15) is 17.2 Å². The molecule has 1 fully saturated rings. The smallest absolute Gasteiger partial charge is 0.250 e. The highest BCUT2D eigenvalue weighted by Gasteiger charge is 2.36. The number of hydrogen-bond donors (Lipinski definition) is 1. The fourth-order valence-corrected chi connectivity index (χ4v) is 4.79. The van der Waals surface area contributed by atoms with E-state index in [1.54, 1.807) is 12.1 Å². The van der Waals surface area contributed by atoms with Gasteiger partial charge in [0.15, 0.2) is 4.90 Å². The summed E-state index contributed by atoms with van der Waals surface area (Å²) in [4.78, 5) is 0.0265. The second-order valence-electron chi connectivity index (χ2n) is 5.99. The van der Waals surface area contributed by atoms with Crippen molar-refractivity contribution in [2.24, 2.45) is 11.7 Å². The van der Waals surface area contributed by atoms with Crippen LogP contribution >= 0.6 is 0 Å². The quantitative estimate of drug-likeness (QED) is 0.828. The van der Waals surface area contributed by atoms with Crippen LogP contribution in [0, 0.1) is 5.92 Å². The zero-order valence-corrected chi connectivity index (χ0v) is 15.4. The van der Waals surface area contributed by atoms with Crippen LogP contribution in [0.1, 0.15) is 19.8 Å². The Bertz CT molecular complexity index is 650. The largest absolute Gasteiger partial charge is 0.496 e. The molecule has 1 aliphatic heterocycles. The van der Waals surface area contributed by atoms with Crippen molar-refractivity contribution >= 4 is 10.0 Å². The molecule has 1 heterocycles. The van der Waals surface area contributed by atoms with Gasteiger partial charge in [0.2, 0.25) is 10.0 Å². The van der Waals surface area contributed by atoms with Crippen LogP contribution in [-0.4, -0.2) is 53.2 Å². The van der Waals surface area contributed by atoms with Crippen LogP contribution in [0.15, 0.2) is 17.0 Å². The van der Waals surface area contributed by atoms with E-state index in [0.29, 0.717) is 18.8 Å². The van der Waals surface area contributed by atoms with Crippen molar-refractivity contribution in [2.45, 2.75) is 30.7 Å². The number of nitrogens with two attached hydrogens (primary N) is 1. The van der Waals surface area contributed by atoms with E-state index in [1.807, 2.05) is 6.92 Å². The minimum Gasteiger partial charge on any atom is -0.496 e. The van der Waals surface area contributed by atoms with Gasteiger partial charge in [-0.1, -0.05) is 0 Å². The molecule has 0 bridgehead atoms. The van der Waals surface area contributed by atoms with Gasteiger partial charge >= 0.3 is 0 Å². The maximum absolute atomic E-state index is 13.2. The van der Waals surface area contributed by atoms with Crippen molar-refractivity contribution in [3.05, 3.63) is 12.1 Å². The summed E-state index contributed by atoms with van der Waals surface area (Å²) in [6.45, 7) is 2.78. The normalized spacial score (nSPS) is 20.5. The summed E-state index contributed by atoms with van der Waals surface area (Å²) in [5.41, 5.74) is 5.97. The first-order valence-electron chi connectivity index (χ1n) is 7.90. The molecule has 1 saturated heterocycles. The Morgan fingerprint density at radius 1 is 1.17 bits per heavy atom. The van der Waals surface area contributed by atoms with Gasteiger partial charge in [-0.15, -0.1) is 0 Å². The van der Waals surface area contributed by atoms with Gasteiger partial charge in [0.05, 0.1) is 21.3 Å². The van der Waals surface area contributed by atoms with Crippen LogP contribution in [0.4, 0.5) is 0 Å². The molecule has 2 rings (SSSR count). The van der Waals surface area contributed by atoms with E-state index in [0.717, 1.165) is 12.8 Å². The van der Waals surface area contributed by atoms with Crippen molar-refractivity contribution in [3.8, 4) is 17.2 Å². The minimum absolute atomic E-state index is 0.0265. The summed E-state index contributed by atoms with van der Waals surface area (Å²) in [7, 11) is 0.583. The summed E-state index contributed by atoms with van der Waals surface area (Å²) in [6.07, 6.45) is 1.72. The Morgan fingerprint density at radius 3 is 2.21 bits per heavy atom. The number of piperidine rings is 1. The Balaban J connectivity index is 2.48. The fraction of sp³-hybridized carbons (Fsp3) is 0.625. The Morgan fingerprint density at radius 2 is 1.75 bits per heavy atom. The van der Waals surface area contributed by atoms with Crippen molar-refractivity contribution in [1.82, 2.24) is 4.31 Å². The molecule has 0 spiro atoms. The third kappa shape index (κ3) is 3.60. The molecule has 1 aromatic rings. The summed E-state index contributed by atoms with van der Waals surface area (Å²) in [6, 6.07) is 3.03. The van der Waals surface area contributed by atoms with Crippen molar-refractivity contribution < 1.29 is 22.6 Å². The topological polar surface area (TPSA) is 91.1 Å². The van der Waals surface area contributed by atoms with Crippen LogP contribution in [0.5, 0.6) is 17.2 Å². The van der Waals surface area contributed by atoms with Gasteiger partial charge < -0.3 is 19.9 Å². The van der Waals surface area contributed by atoms with Gasteiger partial charge in [-0.2, -0.15) is 4.31 Å². The zero-order chi connectivity index (χ0) is 17.9. The number of methoxy groups -OCH3 is 3. The molecule has 0 aliphatic carbocycles. The molecular weight excluding hydrogens is 332 g/mol. The molecule has 7 nitrogen and oxygen atoms in total. The standard InChI is InChI=1S/C16H26N2O5S/c1-11(17)12-6-5-7-18(10-12)24(19,20)16-14(22-3)8-13(21-2)9-15(16)23-4/h8-9,11-12H,5-7,10,17H2,1-4H3. The van der Waals surface area contributed by atoms with Gasteiger partial charge in [0.25, 0.3) is 0 Å². The maximum Gasteiger partial charge on any atom is 0.250 e. The van der Waals surface area contributed by atoms with E-state index < -0.39 is 10.0 Å². The molecule has 2 unspecified atom stereocenters. The van der Waals surface area contributed by atoms with E-state index in [4.69, 9.17) is 19.9 Å². The molecule has 2 N–H and O–H groups in total. The van der Waals surface area contributed by atoms with Gasteiger partial charge in [-0.05, 0) is 25.7 Å². The second-order valence-corrected chi connectivity index (χ2v) is 7.86. The molecule has 136 valence electrons. The van der Waals surface area contributed by atoms with Crippen LogP contribution < -0.4 is 19.9 Å². The summed E-state index contributed by atoms with van der Waals surface area (Å²) in [5.74, 6) is 1.02.